The summed E-state index contributed by atoms with van der Waals surface area (Å²) in [7, 11) is -3.89. The summed E-state index contributed by atoms with van der Waals surface area (Å²) in [5, 5.41) is 30.6. The Labute approximate surface area is 122 Å². The first-order chi connectivity index (χ1) is 9.85. The van der Waals surface area contributed by atoms with E-state index in [4.69, 9.17) is 9.05 Å². The van der Waals surface area contributed by atoms with Crippen LogP contribution < -0.4 is 0 Å². The van der Waals surface area contributed by atoms with Gasteiger partial charge in [0.1, 0.15) is 6.10 Å². The lowest BCUT2D eigenvalue weighted by Crippen LogP contribution is -2.21. The zero-order valence-corrected chi connectivity index (χ0v) is 12.6. The van der Waals surface area contributed by atoms with Gasteiger partial charge in [-0.15, -0.1) is 0 Å². The summed E-state index contributed by atoms with van der Waals surface area (Å²) in [6.45, 7) is 3.25. The predicted molar refractivity (Wildman–Crippen MR) is 74.9 cm³/mol. The van der Waals surface area contributed by atoms with Gasteiger partial charge in [0.25, 0.3) is 5.69 Å². The van der Waals surface area contributed by atoms with Crippen molar-refractivity contribution in [2.75, 3.05) is 13.2 Å². The minimum Gasteiger partial charge on any atom is -0.385 e. The Morgan fingerprint density at radius 3 is 2.05 bits per heavy atom. The first-order valence-electron chi connectivity index (χ1n) is 6.35. The molecule has 0 spiro atoms. The van der Waals surface area contributed by atoms with Crippen molar-refractivity contribution < 1.29 is 28.7 Å². The molecule has 9 heteroatoms. The van der Waals surface area contributed by atoms with Gasteiger partial charge in [0.15, 0.2) is 5.85 Å². The first-order valence-corrected chi connectivity index (χ1v) is 7.96. The molecule has 0 amide bonds. The van der Waals surface area contributed by atoms with Crippen molar-refractivity contribution in [3.8, 4) is 0 Å². The molecule has 2 N–H and O–H groups in total. The van der Waals surface area contributed by atoms with Crippen molar-refractivity contribution in [1.29, 1.82) is 0 Å². The fraction of sp³-hybridized carbons (Fsp3) is 0.500. The van der Waals surface area contributed by atoms with E-state index in [1.54, 1.807) is 13.8 Å². The predicted octanol–water partition coefficient (Wildman–Crippen LogP) is 2.21. The number of rotatable bonds is 8. The van der Waals surface area contributed by atoms with Gasteiger partial charge in [-0.1, -0.05) is 0 Å². The molecule has 1 rings (SSSR count). The summed E-state index contributed by atoms with van der Waals surface area (Å²) in [4.78, 5) is 9.97. The summed E-state index contributed by atoms with van der Waals surface area (Å²) in [5.41, 5.74) is 0.0194. The highest BCUT2D eigenvalue weighted by Gasteiger charge is 2.40. The lowest BCUT2D eigenvalue weighted by molar-refractivity contribution is -0.384. The molecule has 0 saturated heterocycles. The highest BCUT2D eigenvalue weighted by atomic mass is 31.2. The second kappa shape index (κ2) is 7.63. The van der Waals surface area contributed by atoms with E-state index in [0.717, 1.165) is 0 Å². The van der Waals surface area contributed by atoms with Crippen LogP contribution in [-0.2, 0) is 13.6 Å². The Morgan fingerprint density at radius 1 is 1.19 bits per heavy atom. The van der Waals surface area contributed by atoms with Crippen LogP contribution >= 0.6 is 7.60 Å². The molecule has 0 aliphatic carbocycles. The lowest BCUT2D eigenvalue weighted by Gasteiger charge is -2.25. The maximum atomic E-state index is 12.3. The van der Waals surface area contributed by atoms with E-state index < -0.39 is 24.5 Å². The van der Waals surface area contributed by atoms with E-state index in [1.807, 2.05) is 0 Å². The Morgan fingerprint density at radius 2 is 1.67 bits per heavy atom. The van der Waals surface area contributed by atoms with Gasteiger partial charge in [0.2, 0.25) is 0 Å². The second-order valence-electron chi connectivity index (χ2n) is 4.08. The number of nitro groups is 1. The third-order valence-electron chi connectivity index (χ3n) is 2.67. The van der Waals surface area contributed by atoms with Crippen LogP contribution in [0, 0.1) is 10.1 Å². The van der Waals surface area contributed by atoms with Gasteiger partial charge in [-0.25, -0.2) is 0 Å². The number of nitro benzene ring substituents is 1. The zero-order chi connectivity index (χ0) is 16.0. The van der Waals surface area contributed by atoms with Crippen LogP contribution in [0.1, 0.15) is 25.5 Å². The van der Waals surface area contributed by atoms with Crippen LogP contribution in [0.5, 0.6) is 0 Å². The number of benzene rings is 1. The van der Waals surface area contributed by atoms with Crippen LogP contribution in [0.25, 0.3) is 0 Å². The molecule has 0 unspecified atom stereocenters. The molecule has 0 fully saturated rings. The fourth-order valence-corrected chi connectivity index (χ4v) is 3.31. The quantitative estimate of drug-likeness (QED) is 0.428. The van der Waals surface area contributed by atoms with Crippen LogP contribution in [0.3, 0.4) is 0 Å². The number of non-ortho nitro benzene ring substituents is 1. The Bertz CT molecular complexity index is 509. The van der Waals surface area contributed by atoms with Crippen molar-refractivity contribution in [3.63, 3.8) is 0 Å². The highest BCUT2D eigenvalue weighted by Crippen LogP contribution is 2.55. The SMILES string of the molecule is CCOP(=O)(OCC)[C@H](O)[C@H](O)c1ccc([N+](=O)[O-])cc1. The number of aliphatic hydroxyl groups is 2. The molecule has 0 saturated carbocycles. The van der Waals surface area contributed by atoms with E-state index in [0.29, 0.717) is 0 Å². The molecule has 0 aromatic heterocycles. The van der Waals surface area contributed by atoms with Crippen molar-refractivity contribution in [2.45, 2.75) is 25.8 Å². The third kappa shape index (κ3) is 4.33. The molecule has 118 valence electrons. The van der Waals surface area contributed by atoms with Crippen molar-refractivity contribution in [3.05, 3.63) is 39.9 Å². The van der Waals surface area contributed by atoms with Crippen molar-refractivity contribution >= 4 is 13.3 Å². The number of aliphatic hydroxyl groups excluding tert-OH is 2. The largest absolute Gasteiger partial charge is 0.385 e. The van der Waals surface area contributed by atoms with Crippen LogP contribution in [0.2, 0.25) is 0 Å². The summed E-state index contributed by atoms with van der Waals surface area (Å²) >= 11 is 0. The van der Waals surface area contributed by atoms with Crippen LogP contribution in [0.15, 0.2) is 24.3 Å². The van der Waals surface area contributed by atoms with Gasteiger partial charge in [-0.3, -0.25) is 14.7 Å². The molecule has 0 aliphatic heterocycles. The maximum absolute atomic E-state index is 12.3. The summed E-state index contributed by atoms with van der Waals surface area (Å²) in [6.07, 6.45) is -1.55. The fourth-order valence-electron chi connectivity index (χ4n) is 1.69. The minimum atomic E-state index is -3.89. The van der Waals surface area contributed by atoms with E-state index in [9.17, 15) is 24.9 Å². The van der Waals surface area contributed by atoms with Gasteiger partial charge in [-0.05, 0) is 31.5 Å². The summed E-state index contributed by atoms with van der Waals surface area (Å²) in [5.74, 6) is -1.78. The molecular weight excluding hydrogens is 301 g/mol. The number of hydrogen-bond acceptors (Lipinski definition) is 7. The molecule has 21 heavy (non-hydrogen) atoms. The Balaban J connectivity index is 2.96. The molecule has 8 nitrogen and oxygen atoms in total. The Hall–Kier alpha value is -1.31. The second-order valence-corrected chi connectivity index (χ2v) is 6.21. The van der Waals surface area contributed by atoms with E-state index in [-0.39, 0.29) is 24.5 Å². The van der Waals surface area contributed by atoms with Gasteiger partial charge >= 0.3 is 7.60 Å². The molecule has 0 aliphatic rings. The minimum absolute atomic E-state index is 0.0430. The molecule has 1 aromatic rings. The zero-order valence-electron chi connectivity index (χ0n) is 11.7. The molecule has 0 heterocycles. The topological polar surface area (TPSA) is 119 Å². The third-order valence-corrected chi connectivity index (χ3v) is 4.84. The van der Waals surface area contributed by atoms with E-state index >= 15 is 0 Å². The average Bonchev–Trinajstić information content (AvgIpc) is 2.46. The maximum Gasteiger partial charge on any atom is 0.361 e. The number of hydrogen-bond donors (Lipinski definition) is 2. The lowest BCUT2D eigenvalue weighted by atomic mass is 10.1. The molecule has 0 bridgehead atoms. The highest BCUT2D eigenvalue weighted by molar-refractivity contribution is 7.54. The summed E-state index contributed by atoms with van der Waals surface area (Å²) in [6, 6.07) is 4.90. The molecule has 1 aromatic carbocycles. The summed E-state index contributed by atoms with van der Waals surface area (Å²) < 4.78 is 22.2. The Kier molecular flexibility index (Phi) is 6.44. The van der Waals surface area contributed by atoms with Gasteiger partial charge in [-0.2, -0.15) is 0 Å². The molecule has 0 radical (unpaired) electrons. The van der Waals surface area contributed by atoms with Gasteiger partial charge in [0, 0.05) is 12.1 Å². The van der Waals surface area contributed by atoms with E-state index in [1.165, 1.54) is 24.3 Å². The monoisotopic (exact) mass is 319 g/mol. The molecule has 2 atom stereocenters. The first kappa shape index (κ1) is 17.7. The van der Waals surface area contributed by atoms with Crippen LogP contribution in [0.4, 0.5) is 5.69 Å². The van der Waals surface area contributed by atoms with Crippen molar-refractivity contribution in [2.24, 2.45) is 0 Å². The van der Waals surface area contributed by atoms with Gasteiger partial charge < -0.3 is 19.3 Å². The van der Waals surface area contributed by atoms with Crippen LogP contribution in [-0.4, -0.2) is 34.2 Å². The average molecular weight is 319 g/mol. The standard InChI is InChI=1S/C12H18NO7P/c1-3-19-21(18,20-4-2)12(15)11(14)9-5-7-10(8-6-9)13(16)17/h5-8,11-12,14-15H,3-4H2,1-2H3/t11-,12+/m1/s1. The van der Waals surface area contributed by atoms with Gasteiger partial charge in [0.05, 0.1) is 18.1 Å². The normalized spacial score (nSPS) is 14.7. The number of nitrogens with zero attached hydrogens (tertiary/aromatic N) is 1. The molecular formula is C12H18NO7P. The van der Waals surface area contributed by atoms with Crippen molar-refractivity contribution in [1.82, 2.24) is 0 Å². The smallest absolute Gasteiger partial charge is 0.361 e. The van der Waals surface area contributed by atoms with E-state index in [2.05, 4.69) is 0 Å².